The van der Waals surface area contributed by atoms with Gasteiger partial charge in [0.2, 0.25) is 0 Å². The van der Waals surface area contributed by atoms with Gasteiger partial charge in [0.1, 0.15) is 42.7 Å². The second-order valence-electron chi connectivity index (χ2n) is 8.67. The zero-order valence-corrected chi connectivity index (χ0v) is 21.2. The van der Waals surface area contributed by atoms with Crippen LogP contribution in [0.25, 0.3) is 0 Å². The Morgan fingerprint density at radius 2 is 1.44 bits per heavy atom. The van der Waals surface area contributed by atoms with Crippen molar-refractivity contribution < 1.29 is 93.8 Å². The molecule has 0 bridgehead atoms. The third-order valence-corrected chi connectivity index (χ3v) is 6.28. The van der Waals surface area contributed by atoms with Gasteiger partial charge in [0.15, 0.2) is 12.6 Å². The fourth-order valence-corrected chi connectivity index (χ4v) is 4.37. The van der Waals surface area contributed by atoms with Crippen molar-refractivity contribution in [3.05, 3.63) is 0 Å². The second kappa shape index (κ2) is 13.5. The summed E-state index contributed by atoms with van der Waals surface area (Å²) in [6.07, 6.45) is -12.1. The molecule has 2 heterocycles. The largest absolute Gasteiger partial charge is 1.00 e. The first kappa shape index (κ1) is 30.3. The molecule has 12 atom stereocenters. The Morgan fingerprint density at radius 1 is 0.882 bits per heavy atom. The third-order valence-electron chi connectivity index (χ3n) is 6.28. The molecule has 3 fully saturated rings. The van der Waals surface area contributed by atoms with Crippen molar-refractivity contribution in [1.82, 2.24) is 0 Å². The number of carboxylic acids is 1. The van der Waals surface area contributed by atoms with E-state index in [4.69, 9.17) is 23.7 Å². The van der Waals surface area contributed by atoms with Gasteiger partial charge in [-0.3, -0.25) is 0 Å². The summed E-state index contributed by atoms with van der Waals surface area (Å²) in [5, 5.41) is 71.2. The Hall–Kier alpha value is 0.0300. The average Bonchev–Trinajstić information content (AvgIpc) is 2.78. The Kier molecular flexibility index (Phi) is 12.0. The van der Waals surface area contributed by atoms with E-state index < -0.39 is 92.8 Å². The van der Waals surface area contributed by atoms with Gasteiger partial charge in [0, 0.05) is 0 Å². The van der Waals surface area contributed by atoms with E-state index in [0.29, 0.717) is 12.8 Å². The van der Waals surface area contributed by atoms with Crippen molar-refractivity contribution in [2.45, 2.75) is 106 Å². The predicted octanol–water partition coefficient (Wildman–Crippen LogP) is -7.26. The minimum atomic E-state index is -1.58. The molecule has 192 valence electrons. The van der Waals surface area contributed by atoms with Gasteiger partial charge in [-0.05, 0) is 19.8 Å². The normalized spacial score (nSPS) is 45.4. The van der Waals surface area contributed by atoms with E-state index in [1.165, 1.54) is 6.92 Å². The van der Waals surface area contributed by atoms with Crippen molar-refractivity contribution in [1.29, 1.82) is 0 Å². The standard InChI is InChI=1S/C20H34O13.Na/c1-8-13(24)15(26)16(27)19(30-8)31-9-4-2-3-5-10(9)32-20-17(28)18(29-7-12(22)23)14(25)11(6-21)33-20;/h8-11,13-21,24-28H,2-7H2,1H3,(H,22,23);/q;+1/p-1/t8-,9+,10+,11+,13+,14-,15+,16-,17+,18-,19-,20+;/m0./s1. The fraction of sp³-hybridized carbons (Fsp3) is 0.950. The molecule has 34 heavy (non-hydrogen) atoms. The van der Waals surface area contributed by atoms with Crippen LogP contribution in [0.15, 0.2) is 0 Å². The number of ether oxygens (including phenoxy) is 5. The van der Waals surface area contributed by atoms with Gasteiger partial charge in [-0.1, -0.05) is 12.8 Å². The number of carboxylic acid groups (broad SMARTS) is 1. The van der Waals surface area contributed by atoms with Gasteiger partial charge >= 0.3 is 29.6 Å². The third kappa shape index (κ3) is 7.07. The van der Waals surface area contributed by atoms with Gasteiger partial charge in [-0.15, -0.1) is 0 Å². The molecule has 0 aromatic carbocycles. The van der Waals surface area contributed by atoms with E-state index in [9.17, 15) is 40.5 Å². The van der Waals surface area contributed by atoms with E-state index >= 15 is 0 Å². The summed E-state index contributed by atoms with van der Waals surface area (Å²) in [6.45, 7) is 0.0101. The molecule has 0 aromatic rings. The number of rotatable bonds is 8. The number of aliphatic hydroxyl groups is 6. The van der Waals surface area contributed by atoms with Crippen LogP contribution in [0.4, 0.5) is 0 Å². The number of aliphatic hydroxyl groups excluding tert-OH is 6. The number of carbonyl (C=O) groups excluding carboxylic acids is 1. The van der Waals surface area contributed by atoms with Crippen LogP contribution in [0.3, 0.4) is 0 Å². The zero-order chi connectivity index (χ0) is 24.3. The summed E-state index contributed by atoms with van der Waals surface area (Å²) in [5.41, 5.74) is 0. The van der Waals surface area contributed by atoms with Gasteiger partial charge in [-0.2, -0.15) is 0 Å². The van der Waals surface area contributed by atoms with Gasteiger partial charge in [-0.25, -0.2) is 0 Å². The molecule has 1 saturated carbocycles. The van der Waals surface area contributed by atoms with Crippen LogP contribution in [0.1, 0.15) is 32.6 Å². The zero-order valence-electron chi connectivity index (χ0n) is 19.2. The number of aliphatic carboxylic acids is 1. The molecule has 13 nitrogen and oxygen atoms in total. The van der Waals surface area contributed by atoms with Crippen LogP contribution in [-0.2, 0) is 28.5 Å². The van der Waals surface area contributed by atoms with E-state index in [-0.39, 0.29) is 29.6 Å². The number of hydrogen-bond acceptors (Lipinski definition) is 13. The molecule has 0 aromatic heterocycles. The fourth-order valence-electron chi connectivity index (χ4n) is 4.37. The monoisotopic (exact) mass is 504 g/mol. The van der Waals surface area contributed by atoms with Gasteiger partial charge in [0.05, 0.1) is 37.5 Å². The first-order valence-electron chi connectivity index (χ1n) is 11.1. The van der Waals surface area contributed by atoms with Crippen LogP contribution in [0.2, 0.25) is 0 Å². The SMILES string of the molecule is C[C@@H]1O[C@@H](O[C@@H]2CCCC[C@H]2O[C@@H]2O[C@H](CO)[C@H](O)[C@H](OCC(=O)[O-])[C@H]2O)[C@@H](O)[C@H](O)[C@@H]1O.[Na+]. The molecule has 1 aliphatic carbocycles. The molecule has 3 rings (SSSR count). The molecule has 0 unspecified atom stereocenters. The summed E-state index contributed by atoms with van der Waals surface area (Å²) in [5.74, 6) is -1.55. The van der Waals surface area contributed by atoms with Crippen molar-refractivity contribution in [3.8, 4) is 0 Å². The van der Waals surface area contributed by atoms with Crippen molar-refractivity contribution >= 4 is 5.97 Å². The van der Waals surface area contributed by atoms with Crippen LogP contribution in [-0.4, -0.2) is 123 Å². The van der Waals surface area contributed by atoms with Crippen molar-refractivity contribution in [2.75, 3.05) is 13.2 Å². The molecule has 0 radical (unpaired) electrons. The minimum Gasteiger partial charge on any atom is -0.548 e. The van der Waals surface area contributed by atoms with Gasteiger partial charge in [0.25, 0.3) is 0 Å². The molecule has 6 N–H and O–H groups in total. The molecule has 0 spiro atoms. The Bertz CT molecular complexity index is 642. The summed E-state index contributed by atoms with van der Waals surface area (Å²) in [7, 11) is 0. The summed E-state index contributed by atoms with van der Waals surface area (Å²) in [4.78, 5) is 10.7. The van der Waals surface area contributed by atoms with Crippen LogP contribution in [0.5, 0.6) is 0 Å². The van der Waals surface area contributed by atoms with Crippen LogP contribution >= 0.6 is 0 Å². The van der Waals surface area contributed by atoms with Crippen molar-refractivity contribution in [2.24, 2.45) is 0 Å². The molecular weight excluding hydrogens is 471 g/mol. The summed E-state index contributed by atoms with van der Waals surface area (Å²) in [6, 6.07) is 0. The maximum absolute atomic E-state index is 10.7. The summed E-state index contributed by atoms with van der Waals surface area (Å²) < 4.78 is 27.8. The number of hydrogen-bond donors (Lipinski definition) is 6. The Morgan fingerprint density at radius 3 is 1.97 bits per heavy atom. The minimum absolute atomic E-state index is 0. The van der Waals surface area contributed by atoms with E-state index in [1.54, 1.807) is 0 Å². The maximum Gasteiger partial charge on any atom is 1.00 e. The van der Waals surface area contributed by atoms with Crippen LogP contribution in [0, 0.1) is 0 Å². The van der Waals surface area contributed by atoms with E-state index in [0.717, 1.165) is 12.8 Å². The predicted molar refractivity (Wildman–Crippen MR) is 103 cm³/mol. The smallest absolute Gasteiger partial charge is 0.548 e. The molecule has 14 heteroatoms. The summed E-state index contributed by atoms with van der Waals surface area (Å²) >= 11 is 0. The van der Waals surface area contributed by atoms with Crippen LogP contribution < -0.4 is 34.7 Å². The topological polar surface area (TPSA) is 208 Å². The van der Waals surface area contributed by atoms with Crippen molar-refractivity contribution in [3.63, 3.8) is 0 Å². The maximum atomic E-state index is 10.7. The quantitative estimate of drug-likeness (QED) is 0.170. The molecule has 2 aliphatic heterocycles. The van der Waals surface area contributed by atoms with Gasteiger partial charge < -0.3 is 64.2 Å². The molecule has 2 saturated heterocycles. The Labute approximate surface area is 218 Å². The first-order valence-corrected chi connectivity index (χ1v) is 11.1. The average molecular weight is 504 g/mol. The van der Waals surface area contributed by atoms with E-state index in [1.807, 2.05) is 0 Å². The number of carbonyl (C=O) groups is 1. The second-order valence-corrected chi connectivity index (χ2v) is 8.67. The molecule has 0 amide bonds. The molecule has 3 aliphatic rings. The Balaban J connectivity index is 0.00000408. The van der Waals surface area contributed by atoms with E-state index in [2.05, 4.69) is 0 Å². The molecular formula is C20H33NaO13. The first-order chi connectivity index (χ1) is 15.6.